The molecule has 2 aliphatic rings. The summed E-state index contributed by atoms with van der Waals surface area (Å²) in [6, 6.07) is 7.83. The van der Waals surface area contributed by atoms with Crippen LogP contribution in [0.2, 0.25) is 0 Å². The molecule has 1 aromatic carbocycles. The van der Waals surface area contributed by atoms with Crippen molar-refractivity contribution in [3.8, 4) is 0 Å². The molecular formula is C19H19N3O3. The summed E-state index contributed by atoms with van der Waals surface area (Å²) in [5.74, 6) is -0.112. The zero-order valence-corrected chi connectivity index (χ0v) is 14.2. The molecule has 3 heterocycles. The van der Waals surface area contributed by atoms with Crippen molar-refractivity contribution in [1.82, 2.24) is 9.88 Å². The second kappa shape index (κ2) is 5.81. The van der Waals surface area contributed by atoms with E-state index in [4.69, 9.17) is 4.74 Å². The van der Waals surface area contributed by atoms with Crippen LogP contribution in [0.25, 0.3) is 11.6 Å². The predicted octanol–water partition coefficient (Wildman–Crippen LogP) is 3.08. The van der Waals surface area contributed by atoms with Crippen LogP contribution in [0.5, 0.6) is 0 Å². The Morgan fingerprint density at radius 3 is 2.76 bits per heavy atom. The van der Waals surface area contributed by atoms with E-state index in [1.165, 1.54) is 0 Å². The lowest BCUT2D eigenvalue weighted by atomic mass is 10.0. The third-order valence-corrected chi connectivity index (χ3v) is 4.56. The average molecular weight is 337 g/mol. The molecule has 6 nitrogen and oxygen atoms in total. The number of aromatic amines is 1. The van der Waals surface area contributed by atoms with Gasteiger partial charge in [0, 0.05) is 29.2 Å². The van der Waals surface area contributed by atoms with Gasteiger partial charge in [0.1, 0.15) is 6.61 Å². The van der Waals surface area contributed by atoms with Gasteiger partial charge in [0.2, 0.25) is 0 Å². The Bertz CT molecular complexity index is 911. The van der Waals surface area contributed by atoms with Crippen LogP contribution >= 0.6 is 0 Å². The maximum Gasteiger partial charge on any atom is 0.410 e. The van der Waals surface area contributed by atoms with Gasteiger partial charge in [0.15, 0.2) is 0 Å². The van der Waals surface area contributed by atoms with Crippen molar-refractivity contribution < 1.29 is 14.3 Å². The van der Waals surface area contributed by atoms with Crippen LogP contribution in [0.1, 0.15) is 28.1 Å². The van der Waals surface area contributed by atoms with Crippen LogP contribution in [-0.2, 0) is 16.1 Å². The van der Waals surface area contributed by atoms with E-state index in [1.54, 1.807) is 4.90 Å². The maximum absolute atomic E-state index is 12.4. The number of cyclic esters (lactones) is 1. The molecule has 0 atom stereocenters. The van der Waals surface area contributed by atoms with Crippen LogP contribution in [-0.4, -0.2) is 35.0 Å². The normalized spacial score (nSPS) is 17.8. The largest absolute Gasteiger partial charge is 0.448 e. The minimum absolute atomic E-state index is 0.112. The SMILES string of the molecule is Cc1cc(C)c(/C=C2\C(=O)Nc3ccc(CN4CCOC4=O)cc32)[nH]1. The second-order valence-electron chi connectivity index (χ2n) is 6.48. The summed E-state index contributed by atoms with van der Waals surface area (Å²) in [6.07, 6.45) is 1.60. The second-order valence-corrected chi connectivity index (χ2v) is 6.48. The van der Waals surface area contributed by atoms with Crippen LogP contribution in [0.15, 0.2) is 24.3 Å². The smallest absolute Gasteiger partial charge is 0.410 e. The van der Waals surface area contributed by atoms with Crippen molar-refractivity contribution in [2.75, 3.05) is 18.5 Å². The summed E-state index contributed by atoms with van der Waals surface area (Å²) >= 11 is 0. The number of hydrogen-bond donors (Lipinski definition) is 2. The van der Waals surface area contributed by atoms with Crippen LogP contribution in [0, 0.1) is 13.8 Å². The van der Waals surface area contributed by atoms with E-state index in [9.17, 15) is 9.59 Å². The molecule has 2 amide bonds. The van der Waals surface area contributed by atoms with Crippen molar-refractivity contribution in [2.24, 2.45) is 0 Å². The Morgan fingerprint density at radius 2 is 2.08 bits per heavy atom. The molecule has 0 saturated carbocycles. The summed E-state index contributed by atoms with van der Waals surface area (Å²) in [6.45, 7) is 5.51. The Labute approximate surface area is 145 Å². The molecule has 0 unspecified atom stereocenters. The number of carbonyl (C=O) groups is 2. The zero-order valence-electron chi connectivity index (χ0n) is 14.2. The van der Waals surface area contributed by atoms with Crippen molar-refractivity contribution in [3.05, 3.63) is 52.3 Å². The van der Waals surface area contributed by atoms with E-state index < -0.39 is 0 Å². The summed E-state index contributed by atoms with van der Waals surface area (Å²) < 4.78 is 4.97. The zero-order chi connectivity index (χ0) is 17.6. The van der Waals surface area contributed by atoms with Gasteiger partial charge < -0.3 is 19.9 Å². The Hall–Kier alpha value is -3.02. The summed E-state index contributed by atoms with van der Waals surface area (Å²) in [4.78, 5) is 29.0. The number of aryl methyl sites for hydroxylation is 2. The van der Waals surface area contributed by atoms with Gasteiger partial charge in [-0.3, -0.25) is 4.79 Å². The monoisotopic (exact) mass is 337 g/mol. The fourth-order valence-electron chi connectivity index (χ4n) is 3.31. The first-order valence-electron chi connectivity index (χ1n) is 8.25. The van der Waals surface area contributed by atoms with Crippen LogP contribution in [0.3, 0.4) is 0 Å². The van der Waals surface area contributed by atoms with E-state index in [2.05, 4.69) is 16.4 Å². The number of benzene rings is 1. The molecule has 0 aliphatic carbocycles. The summed E-state index contributed by atoms with van der Waals surface area (Å²) in [5.41, 5.74) is 6.35. The standard InChI is InChI=1S/C19H19N3O3/c1-11-7-12(2)20-17(11)9-15-14-8-13(3-4-16(14)21-18(15)23)10-22-5-6-25-19(22)24/h3-4,7-9,20H,5-6,10H2,1-2H3,(H,21,23)/b15-9-. The summed E-state index contributed by atoms with van der Waals surface area (Å²) in [7, 11) is 0. The van der Waals surface area contributed by atoms with E-state index in [-0.39, 0.29) is 12.0 Å². The highest BCUT2D eigenvalue weighted by atomic mass is 16.6. The minimum Gasteiger partial charge on any atom is -0.448 e. The highest BCUT2D eigenvalue weighted by Gasteiger charge is 2.26. The molecule has 6 heteroatoms. The number of nitrogens with one attached hydrogen (secondary N) is 2. The number of rotatable bonds is 3. The molecule has 2 aromatic rings. The number of carbonyl (C=O) groups excluding carboxylic acids is 2. The molecule has 1 fully saturated rings. The number of nitrogens with zero attached hydrogens (tertiary/aromatic N) is 1. The van der Waals surface area contributed by atoms with Crippen LogP contribution < -0.4 is 5.32 Å². The Balaban J connectivity index is 1.68. The predicted molar refractivity (Wildman–Crippen MR) is 95.0 cm³/mol. The van der Waals surface area contributed by atoms with E-state index in [1.807, 2.05) is 38.1 Å². The first-order valence-corrected chi connectivity index (χ1v) is 8.25. The fraction of sp³-hybridized carbons (Fsp3) is 0.263. The van der Waals surface area contributed by atoms with Gasteiger partial charge in [-0.2, -0.15) is 0 Å². The highest BCUT2D eigenvalue weighted by Crippen LogP contribution is 2.34. The lowest BCUT2D eigenvalue weighted by Gasteiger charge is -2.13. The number of amides is 2. The van der Waals surface area contributed by atoms with Gasteiger partial charge >= 0.3 is 6.09 Å². The molecular weight excluding hydrogens is 318 g/mol. The van der Waals surface area contributed by atoms with E-state index in [0.717, 1.165) is 33.8 Å². The van der Waals surface area contributed by atoms with Gasteiger partial charge in [-0.25, -0.2) is 4.79 Å². The van der Waals surface area contributed by atoms with Crippen molar-refractivity contribution in [1.29, 1.82) is 0 Å². The minimum atomic E-state index is -0.289. The maximum atomic E-state index is 12.4. The van der Waals surface area contributed by atoms with Gasteiger partial charge in [-0.15, -0.1) is 0 Å². The third kappa shape index (κ3) is 2.80. The summed E-state index contributed by atoms with van der Waals surface area (Å²) in [5, 5.41) is 2.90. The number of H-pyrrole nitrogens is 1. The lowest BCUT2D eigenvalue weighted by Crippen LogP contribution is -2.23. The molecule has 0 bridgehead atoms. The van der Waals surface area contributed by atoms with Crippen molar-refractivity contribution >= 4 is 29.3 Å². The quantitative estimate of drug-likeness (QED) is 0.845. The highest BCUT2D eigenvalue weighted by molar-refractivity contribution is 6.34. The van der Waals surface area contributed by atoms with Gasteiger partial charge in [0.25, 0.3) is 5.91 Å². The fourth-order valence-corrected chi connectivity index (χ4v) is 3.31. The van der Waals surface area contributed by atoms with Crippen molar-refractivity contribution in [2.45, 2.75) is 20.4 Å². The van der Waals surface area contributed by atoms with E-state index >= 15 is 0 Å². The molecule has 0 radical (unpaired) electrons. The molecule has 128 valence electrons. The Kier molecular flexibility index (Phi) is 3.60. The van der Waals surface area contributed by atoms with Crippen molar-refractivity contribution in [3.63, 3.8) is 0 Å². The number of fused-ring (bicyclic) bond motifs is 1. The molecule has 25 heavy (non-hydrogen) atoms. The number of ether oxygens (including phenoxy) is 1. The first-order chi connectivity index (χ1) is 12.0. The van der Waals surface area contributed by atoms with Gasteiger partial charge in [0.05, 0.1) is 12.1 Å². The lowest BCUT2D eigenvalue weighted by molar-refractivity contribution is -0.110. The first kappa shape index (κ1) is 15.5. The molecule has 1 aromatic heterocycles. The number of hydrogen-bond acceptors (Lipinski definition) is 3. The third-order valence-electron chi connectivity index (χ3n) is 4.56. The van der Waals surface area contributed by atoms with Gasteiger partial charge in [-0.05, 0) is 49.2 Å². The average Bonchev–Trinajstić information content (AvgIpc) is 3.20. The van der Waals surface area contributed by atoms with Crippen LogP contribution in [0.4, 0.5) is 10.5 Å². The molecule has 4 rings (SSSR count). The molecule has 2 aliphatic heterocycles. The molecule has 0 spiro atoms. The number of aromatic nitrogens is 1. The topological polar surface area (TPSA) is 74.4 Å². The molecule has 2 N–H and O–H groups in total. The molecule has 1 saturated heterocycles. The van der Waals surface area contributed by atoms with E-state index in [0.29, 0.717) is 25.3 Å². The Morgan fingerprint density at radius 1 is 1.24 bits per heavy atom. The number of anilines is 1. The van der Waals surface area contributed by atoms with Gasteiger partial charge in [-0.1, -0.05) is 6.07 Å².